The lowest BCUT2D eigenvalue weighted by atomic mass is 10.2. The number of amides is 1. The summed E-state index contributed by atoms with van der Waals surface area (Å²) in [5, 5.41) is 0. The Kier molecular flexibility index (Phi) is 4.92. The fourth-order valence-electron chi connectivity index (χ4n) is 1.53. The van der Waals surface area contributed by atoms with Crippen molar-refractivity contribution < 1.29 is 9.18 Å². The van der Waals surface area contributed by atoms with E-state index in [1.165, 1.54) is 11.0 Å². The van der Waals surface area contributed by atoms with Crippen LogP contribution in [0.15, 0.2) is 24.3 Å². The van der Waals surface area contributed by atoms with E-state index in [9.17, 15) is 9.18 Å². The van der Waals surface area contributed by atoms with E-state index >= 15 is 0 Å². The minimum Gasteiger partial charge on any atom is -0.329 e. The molecule has 1 aromatic carbocycles. The summed E-state index contributed by atoms with van der Waals surface area (Å²) in [6.07, 6.45) is 1.16. The zero-order valence-corrected chi connectivity index (χ0v) is 9.45. The van der Waals surface area contributed by atoms with Crippen LogP contribution >= 0.6 is 0 Å². The van der Waals surface area contributed by atoms with Crippen LogP contribution in [0.5, 0.6) is 0 Å². The molecule has 0 atom stereocenters. The predicted octanol–water partition coefficient (Wildman–Crippen LogP) is 1.92. The molecule has 0 fully saturated rings. The third-order valence-corrected chi connectivity index (χ3v) is 2.26. The summed E-state index contributed by atoms with van der Waals surface area (Å²) in [5.74, 6) is -0.474. The first kappa shape index (κ1) is 12.6. The number of nitrogens with two attached hydrogens (primary N) is 1. The van der Waals surface area contributed by atoms with Crippen molar-refractivity contribution in [1.82, 2.24) is 0 Å². The molecule has 0 aliphatic rings. The Labute approximate surface area is 95.0 Å². The zero-order valence-electron chi connectivity index (χ0n) is 9.45. The lowest BCUT2D eigenvalue weighted by Gasteiger charge is -2.22. The van der Waals surface area contributed by atoms with Gasteiger partial charge in [-0.05, 0) is 18.6 Å². The van der Waals surface area contributed by atoms with E-state index in [2.05, 4.69) is 0 Å². The van der Waals surface area contributed by atoms with Crippen LogP contribution < -0.4 is 10.6 Å². The van der Waals surface area contributed by atoms with Gasteiger partial charge in [-0.1, -0.05) is 19.1 Å². The maximum atomic E-state index is 13.5. The Morgan fingerprint density at radius 3 is 2.69 bits per heavy atom. The van der Waals surface area contributed by atoms with E-state index in [1.54, 1.807) is 18.2 Å². The summed E-state index contributed by atoms with van der Waals surface area (Å²) in [5.41, 5.74) is 5.75. The molecule has 3 nitrogen and oxygen atoms in total. The Morgan fingerprint density at radius 2 is 2.12 bits per heavy atom. The quantitative estimate of drug-likeness (QED) is 0.830. The van der Waals surface area contributed by atoms with Crippen LogP contribution in [-0.2, 0) is 4.79 Å². The molecule has 0 radical (unpaired) electrons. The molecule has 4 heteroatoms. The van der Waals surface area contributed by atoms with Gasteiger partial charge >= 0.3 is 0 Å². The molecule has 1 amide bonds. The Hall–Kier alpha value is -1.42. The molecule has 0 aromatic heterocycles. The summed E-state index contributed by atoms with van der Waals surface area (Å²) in [6, 6.07) is 6.25. The molecular formula is C12H17FN2O. The van der Waals surface area contributed by atoms with Gasteiger partial charge in [-0.2, -0.15) is 0 Å². The monoisotopic (exact) mass is 224 g/mol. The SMILES string of the molecule is CCCC(=O)N(CCN)c1ccccc1F. The van der Waals surface area contributed by atoms with Crippen molar-refractivity contribution in [3.63, 3.8) is 0 Å². The topological polar surface area (TPSA) is 46.3 Å². The highest BCUT2D eigenvalue weighted by molar-refractivity contribution is 5.93. The number of halogens is 1. The average Bonchev–Trinajstić information content (AvgIpc) is 2.27. The van der Waals surface area contributed by atoms with E-state index < -0.39 is 0 Å². The normalized spacial score (nSPS) is 10.2. The standard InChI is InChI=1S/C12H17FN2O/c1-2-5-12(16)15(9-8-14)11-7-4-3-6-10(11)13/h3-4,6-7H,2,5,8-9,14H2,1H3. The van der Waals surface area contributed by atoms with E-state index in [1.807, 2.05) is 6.92 Å². The summed E-state index contributed by atoms with van der Waals surface area (Å²) in [6.45, 7) is 2.59. The first-order valence-corrected chi connectivity index (χ1v) is 5.45. The fourth-order valence-corrected chi connectivity index (χ4v) is 1.53. The van der Waals surface area contributed by atoms with Crippen molar-refractivity contribution in [3.05, 3.63) is 30.1 Å². The van der Waals surface area contributed by atoms with E-state index in [0.29, 0.717) is 25.2 Å². The van der Waals surface area contributed by atoms with E-state index in [4.69, 9.17) is 5.73 Å². The molecule has 0 aliphatic heterocycles. The number of carbonyl (C=O) groups excluding carboxylic acids is 1. The molecule has 2 N–H and O–H groups in total. The van der Waals surface area contributed by atoms with Gasteiger partial charge in [-0.25, -0.2) is 4.39 Å². The lowest BCUT2D eigenvalue weighted by Crippen LogP contribution is -2.35. The minimum atomic E-state index is -0.389. The van der Waals surface area contributed by atoms with Crippen molar-refractivity contribution >= 4 is 11.6 Å². The Morgan fingerprint density at radius 1 is 1.44 bits per heavy atom. The minimum absolute atomic E-state index is 0.0851. The number of benzene rings is 1. The largest absolute Gasteiger partial charge is 0.329 e. The average molecular weight is 224 g/mol. The fraction of sp³-hybridized carbons (Fsp3) is 0.417. The molecule has 0 unspecified atom stereocenters. The van der Waals surface area contributed by atoms with Crippen LogP contribution in [0, 0.1) is 5.82 Å². The van der Waals surface area contributed by atoms with Crippen LogP contribution in [0.4, 0.5) is 10.1 Å². The number of anilines is 1. The molecule has 0 spiro atoms. The molecule has 1 aromatic rings. The van der Waals surface area contributed by atoms with Crippen molar-refractivity contribution in [2.45, 2.75) is 19.8 Å². The lowest BCUT2D eigenvalue weighted by molar-refractivity contribution is -0.118. The first-order valence-electron chi connectivity index (χ1n) is 5.45. The number of hydrogen-bond donors (Lipinski definition) is 1. The highest BCUT2D eigenvalue weighted by Crippen LogP contribution is 2.19. The summed E-state index contributed by atoms with van der Waals surface area (Å²) >= 11 is 0. The number of rotatable bonds is 5. The van der Waals surface area contributed by atoms with Crippen LogP contribution in [0.3, 0.4) is 0 Å². The second kappa shape index (κ2) is 6.23. The molecule has 16 heavy (non-hydrogen) atoms. The molecule has 0 aliphatic carbocycles. The van der Waals surface area contributed by atoms with Gasteiger partial charge in [0.25, 0.3) is 0 Å². The summed E-state index contributed by atoms with van der Waals surface area (Å²) < 4.78 is 13.5. The maximum Gasteiger partial charge on any atom is 0.227 e. The molecular weight excluding hydrogens is 207 g/mol. The van der Waals surface area contributed by atoms with Gasteiger partial charge in [0.1, 0.15) is 5.82 Å². The highest BCUT2D eigenvalue weighted by atomic mass is 19.1. The van der Waals surface area contributed by atoms with Gasteiger partial charge in [0.05, 0.1) is 5.69 Å². The van der Waals surface area contributed by atoms with E-state index in [0.717, 1.165) is 6.42 Å². The van der Waals surface area contributed by atoms with Crippen LogP contribution in [0.25, 0.3) is 0 Å². The molecule has 0 saturated carbocycles. The van der Waals surface area contributed by atoms with Gasteiger partial charge < -0.3 is 10.6 Å². The predicted molar refractivity (Wildman–Crippen MR) is 62.7 cm³/mol. The van der Waals surface area contributed by atoms with Crippen LogP contribution in [-0.4, -0.2) is 19.0 Å². The Bertz CT molecular complexity index is 355. The number of hydrogen-bond acceptors (Lipinski definition) is 2. The third-order valence-electron chi connectivity index (χ3n) is 2.26. The van der Waals surface area contributed by atoms with Crippen molar-refractivity contribution in [1.29, 1.82) is 0 Å². The second-order valence-corrected chi connectivity index (χ2v) is 3.54. The van der Waals surface area contributed by atoms with Crippen molar-refractivity contribution in [3.8, 4) is 0 Å². The molecule has 88 valence electrons. The van der Waals surface area contributed by atoms with Gasteiger partial charge in [0.15, 0.2) is 0 Å². The summed E-state index contributed by atoms with van der Waals surface area (Å²) in [4.78, 5) is 13.2. The Balaban J connectivity index is 2.93. The first-order chi connectivity index (χ1) is 7.70. The van der Waals surface area contributed by atoms with Crippen molar-refractivity contribution in [2.24, 2.45) is 5.73 Å². The molecule has 0 heterocycles. The van der Waals surface area contributed by atoms with Gasteiger partial charge in [0.2, 0.25) is 5.91 Å². The second-order valence-electron chi connectivity index (χ2n) is 3.54. The van der Waals surface area contributed by atoms with Gasteiger partial charge in [-0.15, -0.1) is 0 Å². The molecule has 0 saturated heterocycles. The number of para-hydroxylation sites is 1. The number of carbonyl (C=O) groups is 1. The van der Waals surface area contributed by atoms with E-state index in [-0.39, 0.29) is 11.7 Å². The number of nitrogens with zero attached hydrogens (tertiary/aromatic N) is 1. The summed E-state index contributed by atoms with van der Waals surface area (Å²) in [7, 11) is 0. The smallest absolute Gasteiger partial charge is 0.227 e. The zero-order chi connectivity index (χ0) is 12.0. The van der Waals surface area contributed by atoms with Gasteiger partial charge in [0, 0.05) is 19.5 Å². The van der Waals surface area contributed by atoms with Crippen molar-refractivity contribution in [2.75, 3.05) is 18.0 Å². The molecule has 1 rings (SSSR count). The van der Waals surface area contributed by atoms with Gasteiger partial charge in [-0.3, -0.25) is 4.79 Å². The highest BCUT2D eigenvalue weighted by Gasteiger charge is 2.16. The van der Waals surface area contributed by atoms with Crippen LogP contribution in [0.1, 0.15) is 19.8 Å². The van der Waals surface area contributed by atoms with Crippen LogP contribution in [0.2, 0.25) is 0 Å². The molecule has 0 bridgehead atoms. The maximum absolute atomic E-state index is 13.5. The third kappa shape index (κ3) is 3.03.